The van der Waals surface area contributed by atoms with Gasteiger partial charge in [-0.1, -0.05) is 5.92 Å². The minimum absolute atomic E-state index is 0.0380. The lowest BCUT2D eigenvalue weighted by Crippen LogP contribution is -2.33. The summed E-state index contributed by atoms with van der Waals surface area (Å²) in [4.78, 5) is 0. The number of halogens is 1. The Morgan fingerprint density at radius 3 is 3.00 bits per heavy atom. The van der Waals surface area contributed by atoms with Crippen molar-refractivity contribution in [3.8, 4) is 12.3 Å². The summed E-state index contributed by atoms with van der Waals surface area (Å²) in [5.41, 5.74) is 0. The molecule has 0 aromatic rings. The molecule has 0 saturated heterocycles. The van der Waals surface area contributed by atoms with E-state index < -0.39 is 0 Å². The summed E-state index contributed by atoms with van der Waals surface area (Å²) in [5, 5.41) is 11.4. The minimum atomic E-state index is -0.0416. The van der Waals surface area contributed by atoms with Crippen LogP contribution in [0.5, 0.6) is 0 Å². The van der Waals surface area contributed by atoms with Crippen LogP contribution in [0.2, 0.25) is 0 Å². The van der Waals surface area contributed by atoms with Gasteiger partial charge in [-0.3, -0.25) is 0 Å². The lowest BCUT2D eigenvalue weighted by Gasteiger charge is -2.30. The predicted octanol–water partition coefficient (Wildman–Crippen LogP) is 1.87. The van der Waals surface area contributed by atoms with Gasteiger partial charge in [-0.15, -0.1) is 23.2 Å². The lowest BCUT2D eigenvalue weighted by atomic mass is 9.88. The largest absolute Gasteiger partial charge is 0.411 e. The fourth-order valence-corrected chi connectivity index (χ4v) is 2.12. The number of hydrogen-bond acceptors (Lipinski definition) is 3. The Kier molecular flexibility index (Phi) is 4.78. The average Bonchev–Trinajstić information content (AvgIpc) is 2.17. The van der Waals surface area contributed by atoms with Crippen molar-refractivity contribution in [3.63, 3.8) is 0 Å². The zero-order valence-electron chi connectivity index (χ0n) is 7.90. The number of nitrogens with zero attached hydrogens (tertiary/aromatic N) is 1. The van der Waals surface area contributed by atoms with Crippen LogP contribution in [0, 0.1) is 18.3 Å². The van der Waals surface area contributed by atoms with E-state index in [0.29, 0.717) is 6.61 Å². The maximum Gasteiger partial charge on any atom is 0.107 e. The SMILES string of the molecule is C#CCOC1CCC(/C=N/O)CC1Cl. The van der Waals surface area contributed by atoms with Gasteiger partial charge in [-0.25, -0.2) is 0 Å². The summed E-state index contributed by atoms with van der Waals surface area (Å²) in [6, 6.07) is 0. The molecule has 1 aliphatic rings. The summed E-state index contributed by atoms with van der Waals surface area (Å²) in [6.45, 7) is 0.312. The van der Waals surface area contributed by atoms with Gasteiger partial charge in [-0.2, -0.15) is 0 Å². The number of hydrogen-bond donors (Lipinski definition) is 1. The fourth-order valence-electron chi connectivity index (χ4n) is 1.69. The fraction of sp³-hybridized carbons (Fsp3) is 0.700. The quantitative estimate of drug-likeness (QED) is 0.257. The molecule has 1 saturated carbocycles. The molecule has 3 unspecified atom stereocenters. The van der Waals surface area contributed by atoms with Crippen LogP contribution in [0.25, 0.3) is 0 Å². The van der Waals surface area contributed by atoms with Gasteiger partial charge in [0.2, 0.25) is 0 Å². The molecule has 1 aliphatic carbocycles. The Morgan fingerprint density at radius 1 is 1.64 bits per heavy atom. The monoisotopic (exact) mass is 215 g/mol. The highest BCUT2D eigenvalue weighted by molar-refractivity contribution is 6.21. The molecule has 1 rings (SSSR count). The number of ether oxygens (including phenoxy) is 1. The molecular formula is C10H14ClNO2. The van der Waals surface area contributed by atoms with Crippen molar-refractivity contribution >= 4 is 17.8 Å². The number of alkyl halides is 1. The maximum atomic E-state index is 8.38. The Balaban J connectivity index is 2.36. The molecule has 14 heavy (non-hydrogen) atoms. The zero-order chi connectivity index (χ0) is 10.4. The van der Waals surface area contributed by atoms with Crippen LogP contribution in [0.4, 0.5) is 0 Å². The Labute approximate surface area is 89.1 Å². The molecule has 4 heteroatoms. The second kappa shape index (κ2) is 5.90. The predicted molar refractivity (Wildman–Crippen MR) is 55.8 cm³/mol. The standard InChI is InChI=1S/C10H14ClNO2/c1-2-5-14-10-4-3-8(7-12-13)6-9(10)11/h1,7-10,13H,3-6H2/b12-7+. The molecule has 0 amide bonds. The minimum Gasteiger partial charge on any atom is -0.411 e. The molecule has 3 atom stereocenters. The molecule has 3 nitrogen and oxygen atoms in total. The van der Waals surface area contributed by atoms with Crippen molar-refractivity contribution in [3.05, 3.63) is 0 Å². The first-order valence-corrected chi connectivity index (χ1v) is 5.08. The molecule has 0 bridgehead atoms. The van der Waals surface area contributed by atoms with Crippen LogP contribution < -0.4 is 0 Å². The summed E-state index contributed by atoms with van der Waals surface area (Å²) >= 11 is 6.11. The van der Waals surface area contributed by atoms with Crippen molar-refractivity contribution in [1.29, 1.82) is 0 Å². The Hall–Kier alpha value is -0.720. The molecule has 1 N–H and O–H groups in total. The van der Waals surface area contributed by atoms with Crippen molar-refractivity contribution in [2.24, 2.45) is 11.1 Å². The molecule has 0 heterocycles. The molecule has 0 radical (unpaired) electrons. The summed E-state index contributed by atoms with van der Waals surface area (Å²) < 4.78 is 5.40. The van der Waals surface area contributed by atoms with E-state index in [9.17, 15) is 0 Å². The first-order valence-electron chi connectivity index (χ1n) is 4.64. The van der Waals surface area contributed by atoms with Crippen molar-refractivity contribution in [1.82, 2.24) is 0 Å². The van der Waals surface area contributed by atoms with Gasteiger partial charge in [0, 0.05) is 6.21 Å². The normalized spacial score (nSPS) is 33.0. The van der Waals surface area contributed by atoms with E-state index in [1.165, 1.54) is 6.21 Å². The second-order valence-corrected chi connectivity index (χ2v) is 3.97. The zero-order valence-corrected chi connectivity index (χ0v) is 8.65. The second-order valence-electron chi connectivity index (χ2n) is 3.41. The van der Waals surface area contributed by atoms with Crippen LogP contribution in [0.3, 0.4) is 0 Å². The first kappa shape index (κ1) is 11.4. The van der Waals surface area contributed by atoms with E-state index in [2.05, 4.69) is 11.1 Å². The van der Waals surface area contributed by atoms with Gasteiger partial charge in [0.25, 0.3) is 0 Å². The molecular weight excluding hydrogens is 202 g/mol. The average molecular weight is 216 g/mol. The molecule has 78 valence electrons. The summed E-state index contributed by atoms with van der Waals surface area (Å²) in [7, 11) is 0. The third kappa shape index (κ3) is 3.21. The smallest absolute Gasteiger partial charge is 0.107 e. The summed E-state index contributed by atoms with van der Waals surface area (Å²) in [6.07, 6.45) is 9.25. The van der Waals surface area contributed by atoms with Crippen molar-refractivity contribution in [2.45, 2.75) is 30.7 Å². The number of rotatable bonds is 3. The number of terminal acetylenes is 1. The van der Waals surface area contributed by atoms with E-state index in [-0.39, 0.29) is 17.4 Å². The van der Waals surface area contributed by atoms with Gasteiger partial charge >= 0.3 is 0 Å². The van der Waals surface area contributed by atoms with Crippen LogP contribution in [0.1, 0.15) is 19.3 Å². The molecule has 1 fully saturated rings. The van der Waals surface area contributed by atoms with E-state index in [1.54, 1.807) is 0 Å². The highest BCUT2D eigenvalue weighted by atomic mass is 35.5. The van der Waals surface area contributed by atoms with Crippen molar-refractivity contribution in [2.75, 3.05) is 6.61 Å². The Morgan fingerprint density at radius 2 is 2.43 bits per heavy atom. The Bertz CT molecular complexity index is 237. The van der Waals surface area contributed by atoms with Gasteiger partial charge in [0.1, 0.15) is 6.61 Å². The van der Waals surface area contributed by atoms with E-state index >= 15 is 0 Å². The van der Waals surface area contributed by atoms with E-state index in [0.717, 1.165) is 19.3 Å². The molecule has 0 aromatic carbocycles. The van der Waals surface area contributed by atoms with Crippen LogP contribution in [-0.2, 0) is 4.74 Å². The summed E-state index contributed by atoms with van der Waals surface area (Å²) in [5.74, 6) is 2.68. The van der Waals surface area contributed by atoms with Crippen molar-refractivity contribution < 1.29 is 9.94 Å². The topological polar surface area (TPSA) is 41.8 Å². The lowest BCUT2D eigenvalue weighted by molar-refractivity contribution is 0.0478. The van der Waals surface area contributed by atoms with Gasteiger partial charge in [0.05, 0.1) is 11.5 Å². The molecule has 0 aliphatic heterocycles. The van der Waals surface area contributed by atoms with Gasteiger partial charge in [-0.05, 0) is 25.2 Å². The third-order valence-corrected chi connectivity index (χ3v) is 2.87. The molecule has 0 aromatic heterocycles. The van der Waals surface area contributed by atoms with Crippen LogP contribution >= 0.6 is 11.6 Å². The van der Waals surface area contributed by atoms with E-state index in [4.69, 9.17) is 28.0 Å². The highest BCUT2D eigenvalue weighted by Crippen LogP contribution is 2.29. The third-order valence-electron chi connectivity index (χ3n) is 2.41. The van der Waals surface area contributed by atoms with Crippen LogP contribution in [0.15, 0.2) is 5.16 Å². The molecule has 0 spiro atoms. The highest BCUT2D eigenvalue weighted by Gasteiger charge is 2.28. The van der Waals surface area contributed by atoms with Crippen LogP contribution in [-0.4, -0.2) is 29.5 Å². The van der Waals surface area contributed by atoms with Gasteiger partial charge in [0.15, 0.2) is 0 Å². The van der Waals surface area contributed by atoms with E-state index in [1.807, 2.05) is 0 Å². The van der Waals surface area contributed by atoms with Gasteiger partial charge < -0.3 is 9.94 Å². The first-order chi connectivity index (χ1) is 6.77. The number of oxime groups is 1. The maximum absolute atomic E-state index is 8.38.